The normalized spacial score (nSPS) is 13.0. The fourth-order valence-corrected chi connectivity index (χ4v) is 4.00. The molecule has 0 aromatic carbocycles. The van der Waals surface area contributed by atoms with E-state index in [1.165, 1.54) is 89.9 Å². The number of hydrogen-bond acceptors (Lipinski definition) is 3. The standard InChI is InChI=1S/C26H52O3/c1-6-9-11-13-15-16-17-18-20-22-24-29-26(27-4,28-5)25(8-3)23-21-19-14-12-10-7-2/h8,25H,3,6-7,9-24H2,1-2,4-5H3. The highest BCUT2D eigenvalue weighted by Crippen LogP contribution is 2.30. The molecule has 0 heterocycles. The van der Waals surface area contributed by atoms with E-state index in [9.17, 15) is 0 Å². The van der Waals surface area contributed by atoms with Crippen molar-refractivity contribution in [3.05, 3.63) is 12.7 Å². The SMILES string of the molecule is C=CC(CCCCCCCC)C(OC)(OC)OCCCCCCCCCCCC. The van der Waals surface area contributed by atoms with Crippen LogP contribution in [0.4, 0.5) is 0 Å². The summed E-state index contributed by atoms with van der Waals surface area (Å²) in [6.45, 7) is 9.22. The predicted molar refractivity (Wildman–Crippen MR) is 126 cm³/mol. The molecule has 0 spiro atoms. The van der Waals surface area contributed by atoms with Crippen LogP contribution in [0.1, 0.15) is 123 Å². The van der Waals surface area contributed by atoms with Crippen molar-refractivity contribution in [1.29, 1.82) is 0 Å². The number of ether oxygens (including phenoxy) is 3. The average molecular weight is 413 g/mol. The highest BCUT2D eigenvalue weighted by molar-refractivity contribution is 4.86. The summed E-state index contributed by atoms with van der Waals surface area (Å²) in [4.78, 5) is 0. The van der Waals surface area contributed by atoms with Crippen molar-refractivity contribution in [2.75, 3.05) is 20.8 Å². The Morgan fingerprint density at radius 2 is 1.07 bits per heavy atom. The lowest BCUT2D eigenvalue weighted by atomic mass is 9.97. The van der Waals surface area contributed by atoms with Gasteiger partial charge in [0.05, 0.1) is 12.5 Å². The first-order valence-electron chi connectivity index (χ1n) is 12.6. The van der Waals surface area contributed by atoms with Gasteiger partial charge in [0.25, 0.3) is 5.97 Å². The Kier molecular flexibility index (Phi) is 20.6. The molecule has 3 heteroatoms. The number of unbranched alkanes of at least 4 members (excludes halogenated alkanes) is 14. The third kappa shape index (κ3) is 14.3. The van der Waals surface area contributed by atoms with Crippen LogP contribution in [0.2, 0.25) is 0 Å². The highest BCUT2D eigenvalue weighted by atomic mass is 16.9. The summed E-state index contributed by atoms with van der Waals surface area (Å²) in [6, 6.07) is 0. The molecule has 3 nitrogen and oxygen atoms in total. The van der Waals surface area contributed by atoms with Gasteiger partial charge in [-0.25, -0.2) is 0 Å². The highest BCUT2D eigenvalue weighted by Gasteiger charge is 2.38. The minimum Gasteiger partial charge on any atom is -0.330 e. The van der Waals surface area contributed by atoms with Gasteiger partial charge in [0.2, 0.25) is 0 Å². The Bertz CT molecular complexity index is 339. The maximum absolute atomic E-state index is 6.13. The third-order valence-electron chi connectivity index (χ3n) is 5.98. The van der Waals surface area contributed by atoms with Crippen LogP contribution in [0.5, 0.6) is 0 Å². The van der Waals surface area contributed by atoms with Gasteiger partial charge in [-0.1, -0.05) is 116 Å². The lowest BCUT2D eigenvalue weighted by molar-refractivity contribution is -0.381. The molecule has 0 saturated carbocycles. The molecule has 0 aliphatic carbocycles. The van der Waals surface area contributed by atoms with Crippen molar-refractivity contribution in [1.82, 2.24) is 0 Å². The Morgan fingerprint density at radius 3 is 1.48 bits per heavy atom. The van der Waals surface area contributed by atoms with Gasteiger partial charge in [-0.05, 0) is 12.8 Å². The topological polar surface area (TPSA) is 27.7 Å². The smallest absolute Gasteiger partial charge is 0.289 e. The summed E-state index contributed by atoms with van der Waals surface area (Å²) in [5.74, 6) is -0.920. The van der Waals surface area contributed by atoms with E-state index in [2.05, 4.69) is 20.4 Å². The molecule has 0 N–H and O–H groups in total. The van der Waals surface area contributed by atoms with Crippen molar-refractivity contribution in [2.45, 2.75) is 129 Å². The van der Waals surface area contributed by atoms with E-state index in [-0.39, 0.29) is 5.92 Å². The van der Waals surface area contributed by atoms with Gasteiger partial charge >= 0.3 is 0 Å². The summed E-state index contributed by atoms with van der Waals surface area (Å²) in [5, 5.41) is 0. The van der Waals surface area contributed by atoms with Crippen molar-refractivity contribution in [2.24, 2.45) is 5.92 Å². The maximum atomic E-state index is 6.13. The lowest BCUT2D eigenvalue weighted by Gasteiger charge is -2.36. The predicted octanol–water partition coefficient (Wildman–Crippen LogP) is 8.42. The maximum Gasteiger partial charge on any atom is 0.289 e. The first-order valence-corrected chi connectivity index (χ1v) is 12.6. The molecule has 29 heavy (non-hydrogen) atoms. The Balaban J connectivity index is 4.02. The second-order valence-corrected chi connectivity index (χ2v) is 8.44. The van der Waals surface area contributed by atoms with Gasteiger partial charge < -0.3 is 14.2 Å². The summed E-state index contributed by atoms with van der Waals surface area (Å²) < 4.78 is 17.6. The van der Waals surface area contributed by atoms with Gasteiger partial charge in [-0.3, -0.25) is 0 Å². The van der Waals surface area contributed by atoms with E-state index < -0.39 is 5.97 Å². The van der Waals surface area contributed by atoms with Gasteiger partial charge in [-0.15, -0.1) is 6.58 Å². The zero-order valence-electron chi connectivity index (χ0n) is 20.3. The van der Waals surface area contributed by atoms with Crippen LogP contribution >= 0.6 is 0 Å². The lowest BCUT2D eigenvalue weighted by Crippen LogP contribution is -2.44. The van der Waals surface area contributed by atoms with E-state index >= 15 is 0 Å². The largest absolute Gasteiger partial charge is 0.330 e. The van der Waals surface area contributed by atoms with Crippen LogP contribution < -0.4 is 0 Å². The molecule has 1 atom stereocenters. The van der Waals surface area contributed by atoms with Crippen LogP contribution in [0.3, 0.4) is 0 Å². The van der Waals surface area contributed by atoms with Crippen LogP contribution in [0.15, 0.2) is 12.7 Å². The second-order valence-electron chi connectivity index (χ2n) is 8.44. The van der Waals surface area contributed by atoms with Crippen LogP contribution in [0, 0.1) is 5.92 Å². The molecule has 0 aliphatic heterocycles. The van der Waals surface area contributed by atoms with E-state index in [1.807, 2.05) is 6.08 Å². The minimum absolute atomic E-state index is 0.0618. The summed E-state index contributed by atoms with van der Waals surface area (Å²) >= 11 is 0. The summed E-state index contributed by atoms with van der Waals surface area (Å²) in [5.41, 5.74) is 0. The number of methoxy groups -OCH3 is 2. The monoisotopic (exact) mass is 412 g/mol. The fraction of sp³-hybridized carbons (Fsp3) is 0.923. The molecule has 0 bridgehead atoms. The molecule has 0 aliphatic rings. The molecule has 174 valence electrons. The Morgan fingerprint density at radius 1 is 0.655 bits per heavy atom. The average Bonchev–Trinajstić information content (AvgIpc) is 2.75. The number of rotatable bonds is 23. The molecule has 0 amide bonds. The fourth-order valence-electron chi connectivity index (χ4n) is 4.00. The minimum atomic E-state index is -0.982. The molecule has 1 unspecified atom stereocenters. The molecular weight excluding hydrogens is 360 g/mol. The van der Waals surface area contributed by atoms with Crippen LogP contribution in [-0.2, 0) is 14.2 Å². The van der Waals surface area contributed by atoms with Crippen LogP contribution in [-0.4, -0.2) is 26.8 Å². The zero-order chi connectivity index (χ0) is 21.6. The molecule has 0 rings (SSSR count). The van der Waals surface area contributed by atoms with Gasteiger partial charge in [-0.2, -0.15) is 0 Å². The van der Waals surface area contributed by atoms with Crippen molar-refractivity contribution in [3.8, 4) is 0 Å². The Labute approximate surface area is 183 Å². The van der Waals surface area contributed by atoms with Gasteiger partial charge in [0, 0.05) is 14.2 Å². The van der Waals surface area contributed by atoms with E-state index in [4.69, 9.17) is 14.2 Å². The summed E-state index contributed by atoms with van der Waals surface area (Å²) in [7, 11) is 3.36. The first kappa shape index (κ1) is 28.6. The van der Waals surface area contributed by atoms with Crippen molar-refractivity contribution in [3.63, 3.8) is 0 Å². The third-order valence-corrected chi connectivity index (χ3v) is 5.98. The van der Waals surface area contributed by atoms with E-state index in [0.717, 1.165) is 19.3 Å². The van der Waals surface area contributed by atoms with Crippen molar-refractivity contribution >= 4 is 0 Å². The van der Waals surface area contributed by atoms with E-state index in [1.54, 1.807) is 14.2 Å². The molecule has 0 saturated heterocycles. The zero-order valence-corrected chi connectivity index (χ0v) is 20.3. The Hall–Kier alpha value is -0.380. The van der Waals surface area contributed by atoms with Crippen LogP contribution in [0.25, 0.3) is 0 Å². The van der Waals surface area contributed by atoms with E-state index in [0.29, 0.717) is 6.61 Å². The first-order chi connectivity index (χ1) is 14.2. The molecule has 0 aromatic rings. The number of hydrogen-bond donors (Lipinski definition) is 0. The second kappa shape index (κ2) is 20.9. The molecular formula is C26H52O3. The van der Waals surface area contributed by atoms with Crippen molar-refractivity contribution < 1.29 is 14.2 Å². The summed E-state index contributed by atoms with van der Waals surface area (Å²) in [6.07, 6.45) is 23.9. The molecule has 0 fully saturated rings. The quantitative estimate of drug-likeness (QED) is 0.0957. The van der Waals surface area contributed by atoms with Gasteiger partial charge in [0.15, 0.2) is 0 Å². The van der Waals surface area contributed by atoms with Gasteiger partial charge in [0.1, 0.15) is 0 Å². The molecule has 0 radical (unpaired) electrons. The molecule has 0 aromatic heterocycles.